The molecule has 6 heteroatoms. The number of benzene rings is 1. The number of pyridine rings is 1. The summed E-state index contributed by atoms with van der Waals surface area (Å²) in [6, 6.07) is 10.1. The van der Waals surface area contributed by atoms with Gasteiger partial charge in [-0.1, -0.05) is 24.3 Å². The van der Waals surface area contributed by atoms with Gasteiger partial charge in [0.05, 0.1) is 28.9 Å². The molecule has 0 bridgehead atoms. The molecule has 0 radical (unpaired) electrons. The third-order valence-electron chi connectivity index (χ3n) is 4.78. The molecule has 1 amide bonds. The summed E-state index contributed by atoms with van der Waals surface area (Å²) in [6.07, 6.45) is 2.71. The van der Waals surface area contributed by atoms with Crippen molar-refractivity contribution in [3.8, 4) is 11.3 Å². The minimum Gasteiger partial charge on any atom is -0.379 e. The monoisotopic (exact) mass is 394 g/mol. The van der Waals surface area contributed by atoms with Gasteiger partial charge in [-0.15, -0.1) is 0 Å². The van der Waals surface area contributed by atoms with Gasteiger partial charge in [0.25, 0.3) is 5.91 Å². The first kappa shape index (κ1) is 21.0. The van der Waals surface area contributed by atoms with Gasteiger partial charge in [-0.3, -0.25) is 4.79 Å². The van der Waals surface area contributed by atoms with E-state index in [2.05, 4.69) is 37.3 Å². The van der Waals surface area contributed by atoms with E-state index < -0.39 is 0 Å². The van der Waals surface area contributed by atoms with Crippen LogP contribution in [0.2, 0.25) is 0 Å². The Kier molecular flexibility index (Phi) is 6.64. The quantitative estimate of drug-likeness (QED) is 0.570. The zero-order chi connectivity index (χ0) is 21.0. The maximum absolute atomic E-state index is 13.0. The second-order valence-corrected chi connectivity index (χ2v) is 7.82. The van der Waals surface area contributed by atoms with Gasteiger partial charge in [-0.2, -0.15) is 5.10 Å². The summed E-state index contributed by atoms with van der Waals surface area (Å²) in [5, 5.41) is 8.26. The lowest BCUT2D eigenvalue weighted by Gasteiger charge is -2.12. The van der Waals surface area contributed by atoms with Crippen molar-refractivity contribution in [3.05, 3.63) is 47.7 Å². The molecule has 0 aliphatic rings. The van der Waals surface area contributed by atoms with Crippen molar-refractivity contribution in [2.75, 3.05) is 13.2 Å². The number of ether oxygens (including phenoxy) is 1. The third-order valence-corrected chi connectivity index (χ3v) is 4.78. The fourth-order valence-corrected chi connectivity index (χ4v) is 3.27. The smallest absolute Gasteiger partial charge is 0.252 e. The van der Waals surface area contributed by atoms with E-state index in [0.29, 0.717) is 18.7 Å². The first-order valence-corrected chi connectivity index (χ1v) is 10.2. The van der Waals surface area contributed by atoms with E-state index in [9.17, 15) is 4.79 Å². The fraction of sp³-hybridized carbons (Fsp3) is 0.435. The Morgan fingerprint density at radius 1 is 1.21 bits per heavy atom. The van der Waals surface area contributed by atoms with Gasteiger partial charge >= 0.3 is 0 Å². The van der Waals surface area contributed by atoms with Crippen LogP contribution in [0.3, 0.4) is 0 Å². The van der Waals surface area contributed by atoms with Crippen molar-refractivity contribution in [2.45, 2.75) is 53.2 Å². The number of hydrogen-bond donors (Lipinski definition) is 1. The summed E-state index contributed by atoms with van der Waals surface area (Å²) in [5.41, 5.74) is 4.25. The number of aromatic nitrogens is 3. The fourth-order valence-electron chi connectivity index (χ4n) is 3.27. The molecule has 6 nitrogen and oxygen atoms in total. The Morgan fingerprint density at radius 2 is 1.97 bits per heavy atom. The standard InChI is InChI=1S/C23H30N4O2/c1-15(2)27-22-20(14-25-27)19(23(28)24-11-8-12-29-16(3)4)13-21(26-22)18-10-7-6-9-17(18)5/h6-7,9-10,13-16H,8,11-12H2,1-5H3,(H,24,28). The normalized spacial score (nSPS) is 11.6. The molecule has 0 saturated carbocycles. The Labute approximate surface area is 172 Å². The van der Waals surface area contributed by atoms with Crippen molar-refractivity contribution in [1.29, 1.82) is 0 Å². The molecule has 0 spiro atoms. The maximum atomic E-state index is 13.0. The molecule has 1 N–H and O–H groups in total. The van der Waals surface area contributed by atoms with E-state index in [1.54, 1.807) is 6.20 Å². The molecule has 3 aromatic rings. The molecular weight excluding hydrogens is 364 g/mol. The highest BCUT2D eigenvalue weighted by atomic mass is 16.5. The second-order valence-electron chi connectivity index (χ2n) is 7.82. The molecule has 0 unspecified atom stereocenters. The zero-order valence-electron chi connectivity index (χ0n) is 17.9. The lowest BCUT2D eigenvalue weighted by Crippen LogP contribution is -2.26. The Balaban J connectivity index is 1.95. The van der Waals surface area contributed by atoms with Crippen LogP contribution in [0.5, 0.6) is 0 Å². The Bertz CT molecular complexity index is 992. The lowest BCUT2D eigenvalue weighted by molar-refractivity contribution is 0.0757. The van der Waals surface area contributed by atoms with Crippen molar-refractivity contribution in [3.63, 3.8) is 0 Å². The van der Waals surface area contributed by atoms with Crippen LogP contribution in [0.25, 0.3) is 22.3 Å². The molecule has 0 saturated heterocycles. The van der Waals surface area contributed by atoms with E-state index in [4.69, 9.17) is 9.72 Å². The van der Waals surface area contributed by atoms with Crippen LogP contribution >= 0.6 is 0 Å². The minimum atomic E-state index is -0.111. The van der Waals surface area contributed by atoms with Crippen molar-refractivity contribution < 1.29 is 9.53 Å². The molecule has 0 fully saturated rings. The van der Waals surface area contributed by atoms with E-state index in [1.807, 2.05) is 42.8 Å². The van der Waals surface area contributed by atoms with Crippen LogP contribution in [-0.4, -0.2) is 39.9 Å². The van der Waals surface area contributed by atoms with E-state index >= 15 is 0 Å². The molecule has 0 aliphatic carbocycles. The average Bonchev–Trinajstić information content (AvgIpc) is 3.11. The van der Waals surface area contributed by atoms with Crippen molar-refractivity contribution in [1.82, 2.24) is 20.1 Å². The largest absolute Gasteiger partial charge is 0.379 e. The number of fused-ring (bicyclic) bond motifs is 1. The highest BCUT2D eigenvalue weighted by molar-refractivity contribution is 6.06. The molecular formula is C23H30N4O2. The van der Waals surface area contributed by atoms with Gasteiger partial charge in [-0.25, -0.2) is 9.67 Å². The minimum absolute atomic E-state index is 0.111. The zero-order valence-corrected chi connectivity index (χ0v) is 17.9. The van der Waals surface area contributed by atoms with E-state index in [0.717, 1.165) is 34.3 Å². The van der Waals surface area contributed by atoms with Gasteiger partial charge in [0.1, 0.15) is 0 Å². The topological polar surface area (TPSA) is 69.0 Å². The number of nitrogens with one attached hydrogen (secondary N) is 1. The molecule has 2 heterocycles. The number of rotatable bonds is 8. The number of carbonyl (C=O) groups is 1. The third kappa shape index (κ3) is 4.82. The molecule has 3 rings (SSSR count). The molecule has 1 aromatic carbocycles. The first-order valence-electron chi connectivity index (χ1n) is 10.2. The van der Waals surface area contributed by atoms with Crippen LogP contribution in [0.4, 0.5) is 0 Å². The van der Waals surface area contributed by atoms with Crippen molar-refractivity contribution in [2.24, 2.45) is 0 Å². The number of nitrogens with zero attached hydrogens (tertiary/aromatic N) is 3. The van der Waals surface area contributed by atoms with Gasteiger partial charge in [0.2, 0.25) is 0 Å². The first-order chi connectivity index (χ1) is 13.9. The maximum Gasteiger partial charge on any atom is 0.252 e. The summed E-state index contributed by atoms with van der Waals surface area (Å²) >= 11 is 0. The van der Waals surface area contributed by atoms with E-state index in [-0.39, 0.29) is 18.1 Å². The summed E-state index contributed by atoms with van der Waals surface area (Å²) in [5.74, 6) is -0.111. The number of aryl methyl sites for hydroxylation is 1. The second kappa shape index (κ2) is 9.18. The van der Waals surface area contributed by atoms with Gasteiger partial charge in [-0.05, 0) is 52.7 Å². The predicted octanol–water partition coefficient (Wildman–Crippen LogP) is 4.53. The summed E-state index contributed by atoms with van der Waals surface area (Å²) < 4.78 is 7.41. The van der Waals surface area contributed by atoms with E-state index in [1.165, 1.54) is 0 Å². The Hall–Kier alpha value is -2.73. The Morgan fingerprint density at radius 3 is 2.66 bits per heavy atom. The lowest BCUT2D eigenvalue weighted by atomic mass is 10.0. The molecule has 2 aromatic heterocycles. The highest BCUT2D eigenvalue weighted by Gasteiger charge is 2.18. The predicted molar refractivity (Wildman–Crippen MR) is 116 cm³/mol. The average molecular weight is 395 g/mol. The van der Waals surface area contributed by atoms with Gasteiger partial charge in [0, 0.05) is 24.8 Å². The van der Waals surface area contributed by atoms with Crippen LogP contribution in [0.1, 0.15) is 56.1 Å². The molecule has 154 valence electrons. The van der Waals surface area contributed by atoms with Gasteiger partial charge in [0.15, 0.2) is 5.65 Å². The van der Waals surface area contributed by atoms with Crippen LogP contribution in [-0.2, 0) is 4.74 Å². The summed E-state index contributed by atoms with van der Waals surface area (Å²) in [6.45, 7) is 11.4. The SMILES string of the molecule is Cc1ccccc1-c1cc(C(=O)NCCCOC(C)C)c2cnn(C(C)C)c2n1. The molecule has 29 heavy (non-hydrogen) atoms. The highest BCUT2D eigenvalue weighted by Crippen LogP contribution is 2.28. The molecule has 0 aliphatic heterocycles. The summed E-state index contributed by atoms with van der Waals surface area (Å²) in [4.78, 5) is 17.8. The van der Waals surface area contributed by atoms with Crippen LogP contribution < -0.4 is 5.32 Å². The number of amides is 1. The van der Waals surface area contributed by atoms with Crippen LogP contribution in [0, 0.1) is 6.92 Å². The number of hydrogen-bond acceptors (Lipinski definition) is 4. The number of carbonyl (C=O) groups excluding carboxylic acids is 1. The van der Waals surface area contributed by atoms with Crippen LogP contribution in [0.15, 0.2) is 36.5 Å². The van der Waals surface area contributed by atoms with Crippen molar-refractivity contribution >= 4 is 16.9 Å². The van der Waals surface area contributed by atoms with Gasteiger partial charge < -0.3 is 10.1 Å². The molecule has 0 atom stereocenters. The summed E-state index contributed by atoms with van der Waals surface area (Å²) in [7, 11) is 0.